The van der Waals surface area contributed by atoms with E-state index in [1.165, 1.54) is 37.0 Å². The summed E-state index contributed by atoms with van der Waals surface area (Å²) in [7, 11) is 0. The molecular formula is C15H17BrN2S. The van der Waals surface area contributed by atoms with Gasteiger partial charge in [0, 0.05) is 31.9 Å². The van der Waals surface area contributed by atoms with Crippen molar-refractivity contribution in [2.45, 2.75) is 42.2 Å². The number of benzene rings is 1. The minimum atomic E-state index is 0.742. The van der Waals surface area contributed by atoms with Gasteiger partial charge in [-0.1, -0.05) is 19.3 Å². The second-order valence-corrected chi connectivity index (χ2v) is 7.34. The Kier molecular flexibility index (Phi) is 3.99. The van der Waals surface area contributed by atoms with E-state index in [2.05, 4.69) is 33.0 Å². The zero-order chi connectivity index (χ0) is 13.2. The molecule has 1 aromatic heterocycles. The SMILES string of the molecule is Nc1ccc(SC2CCCCC2)c2ncc(Br)cc12. The molecular weight excluding hydrogens is 320 g/mol. The first-order valence-electron chi connectivity index (χ1n) is 6.74. The van der Waals surface area contributed by atoms with Gasteiger partial charge in [-0.05, 0) is 47.0 Å². The lowest BCUT2D eigenvalue weighted by Gasteiger charge is -2.21. The van der Waals surface area contributed by atoms with Gasteiger partial charge >= 0.3 is 0 Å². The van der Waals surface area contributed by atoms with Crippen LogP contribution in [0.3, 0.4) is 0 Å². The minimum absolute atomic E-state index is 0.742. The van der Waals surface area contributed by atoms with Crippen molar-refractivity contribution in [3.63, 3.8) is 0 Å². The highest BCUT2D eigenvalue weighted by Gasteiger charge is 2.16. The molecule has 1 aliphatic carbocycles. The van der Waals surface area contributed by atoms with Crippen LogP contribution in [0.1, 0.15) is 32.1 Å². The van der Waals surface area contributed by atoms with Crippen LogP contribution < -0.4 is 5.73 Å². The maximum absolute atomic E-state index is 6.06. The second kappa shape index (κ2) is 5.71. The van der Waals surface area contributed by atoms with Crippen LogP contribution >= 0.6 is 27.7 Å². The van der Waals surface area contributed by atoms with Crippen molar-refractivity contribution in [2.75, 3.05) is 5.73 Å². The van der Waals surface area contributed by atoms with Crippen LogP contribution in [-0.4, -0.2) is 10.2 Å². The molecule has 1 aliphatic rings. The first-order valence-corrected chi connectivity index (χ1v) is 8.42. The monoisotopic (exact) mass is 336 g/mol. The number of rotatable bonds is 2. The number of nitrogens with two attached hydrogens (primary N) is 1. The van der Waals surface area contributed by atoms with Crippen LogP contribution in [0.25, 0.3) is 10.9 Å². The lowest BCUT2D eigenvalue weighted by atomic mass is 10.0. The smallest absolute Gasteiger partial charge is 0.0859 e. The van der Waals surface area contributed by atoms with Crippen LogP contribution in [-0.2, 0) is 0 Å². The van der Waals surface area contributed by atoms with Crippen molar-refractivity contribution in [1.29, 1.82) is 0 Å². The highest BCUT2D eigenvalue weighted by atomic mass is 79.9. The fraction of sp³-hybridized carbons (Fsp3) is 0.400. The molecule has 1 heterocycles. The molecule has 0 amide bonds. The van der Waals surface area contributed by atoms with Crippen molar-refractivity contribution in [3.8, 4) is 0 Å². The summed E-state index contributed by atoms with van der Waals surface area (Å²) in [6.07, 6.45) is 8.63. The number of thioether (sulfide) groups is 1. The van der Waals surface area contributed by atoms with Crippen LogP contribution in [0.2, 0.25) is 0 Å². The molecule has 1 fully saturated rings. The lowest BCUT2D eigenvalue weighted by Crippen LogP contribution is -2.07. The van der Waals surface area contributed by atoms with E-state index in [4.69, 9.17) is 5.73 Å². The maximum Gasteiger partial charge on any atom is 0.0859 e. The summed E-state index contributed by atoms with van der Waals surface area (Å²) in [6.45, 7) is 0. The first-order chi connectivity index (χ1) is 9.24. The van der Waals surface area contributed by atoms with E-state index in [-0.39, 0.29) is 0 Å². The van der Waals surface area contributed by atoms with E-state index < -0.39 is 0 Å². The topological polar surface area (TPSA) is 38.9 Å². The molecule has 0 aliphatic heterocycles. The van der Waals surface area contributed by atoms with Crippen molar-refractivity contribution >= 4 is 44.3 Å². The number of hydrogen-bond acceptors (Lipinski definition) is 3. The highest BCUT2D eigenvalue weighted by molar-refractivity contribution is 9.10. The Bertz CT molecular complexity index is 594. The fourth-order valence-electron chi connectivity index (χ4n) is 2.65. The van der Waals surface area contributed by atoms with Gasteiger partial charge in [0.2, 0.25) is 0 Å². The van der Waals surface area contributed by atoms with E-state index in [0.29, 0.717) is 0 Å². The standard InChI is InChI=1S/C15H17BrN2S/c16-10-8-12-13(17)6-7-14(15(12)18-9-10)19-11-4-2-1-3-5-11/h6-9,11H,1-5,17H2. The molecule has 0 saturated heterocycles. The molecule has 3 rings (SSSR count). The number of nitrogen functional groups attached to an aromatic ring is 1. The van der Waals surface area contributed by atoms with Gasteiger partial charge in [-0.3, -0.25) is 4.98 Å². The number of pyridine rings is 1. The van der Waals surface area contributed by atoms with Gasteiger partial charge in [-0.25, -0.2) is 0 Å². The molecule has 1 aromatic carbocycles. The minimum Gasteiger partial charge on any atom is -0.398 e. The molecule has 2 nitrogen and oxygen atoms in total. The van der Waals surface area contributed by atoms with E-state index in [0.717, 1.165) is 26.3 Å². The summed E-state index contributed by atoms with van der Waals surface area (Å²) in [4.78, 5) is 5.83. The van der Waals surface area contributed by atoms with Crippen molar-refractivity contribution in [2.24, 2.45) is 0 Å². The third-order valence-electron chi connectivity index (χ3n) is 3.66. The number of fused-ring (bicyclic) bond motifs is 1. The molecule has 0 atom stereocenters. The second-order valence-electron chi connectivity index (χ2n) is 5.08. The van der Waals surface area contributed by atoms with Gasteiger partial charge in [0.1, 0.15) is 0 Å². The van der Waals surface area contributed by atoms with E-state index in [9.17, 15) is 0 Å². The molecule has 19 heavy (non-hydrogen) atoms. The van der Waals surface area contributed by atoms with Crippen molar-refractivity contribution < 1.29 is 0 Å². The Morgan fingerprint density at radius 2 is 2.00 bits per heavy atom. The lowest BCUT2D eigenvalue weighted by molar-refractivity contribution is 0.516. The number of anilines is 1. The van der Waals surface area contributed by atoms with Crippen LogP contribution in [0.4, 0.5) is 5.69 Å². The molecule has 1 saturated carbocycles. The molecule has 0 unspecified atom stereocenters. The van der Waals surface area contributed by atoms with Crippen molar-refractivity contribution in [1.82, 2.24) is 4.98 Å². The van der Waals surface area contributed by atoms with E-state index in [1.54, 1.807) is 0 Å². The quantitative estimate of drug-likeness (QED) is 0.784. The third-order valence-corrected chi connectivity index (χ3v) is 5.48. The number of aromatic nitrogens is 1. The highest BCUT2D eigenvalue weighted by Crippen LogP contribution is 2.38. The largest absolute Gasteiger partial charge is 0.398 e. The molecule has 100 valence electrons. The zero-order valence-electron chi connectivity index (χ0n) is 10.7. The van der Waals surface area contributed by atoms with Gasteiger partial charge in [-0.15, -0.1) is 11.8 Å². The summed E-state index contributed by atoms with van der Waals surface area (Å²) in [5.41, 5.74) is 7.90. The number of hydrogen-bond donors (Lipinski definition) is 1. The van der Waals surface area contributed by atoms with Gasteiger partial charge in [0.05, 0.1) is 5.52 Å². The average molecular weight is 337 g/mol. The Morgan fingerprint density at radius 3 is 2.79 bits per heavy atom. The fourth-order valence-corrected chi connectivity index (χ4v) is 4.33. The molecule has 4 heteroatoms. The number of nitrogens with zero attached hydrogens (tertiary/aromatic N) is 1. The average Bonchev–Trinajstić information content (AvgIpc) is 2.43. The molecule has 2 aromatic rings. The molecule has 0 spiro atoms. The van der Waals surface area contributed by atoms with Gasteiger partial charge in [-0.2, -0.15) is 0 Å². The number of halogens is 1. The predicted molar refractivity (Wildman–Crippen MR) is 86.6 cm³/mol. The van der Waals surface area contributed by atoms with Gasteiger partial charge in [0.25, 0.3) is 0 Å². The first kappa shape index (κ1) is 13.3. The normalized spacial score (nSPS) is 16.9. The Morgan fingerprint density at radius 1 is 1.21 bits per heavy atom. The van der Waals surface area contributed by atoms with Crippen LogP contribution in [0.5, 0.6) is 0 Å². The zero-order valence-corrected chi connectivity index (χ0v) is 13.1. The Hall–Kier alpha value is -0.740. The molecule has 2 N–H and O–H groups in total. The molecule has 0 bridgehead atoms. The van der Waals surface area contributed by atoms with Gasteiger partial charge < -0.3 is 5.73 Å². The summed E-state index contributed by atoms with van der Waals surface area (Å²) in [6, 6.07) is 6.18. The van der Waals surface area contributed by atoms with Crippen LogP contribution in [0, 0.1) is 0 Å². The Labute approximate surface area is 126 Å². The summed E-state index contributed by atoms with van der Waals surface area (Å²) < 4.78 is 0.978. The van der Waals surface area contributed by atoms with Crippen molar-refractivity contribution in [3.05, 3.63) is 28.9 Å². The van der Waals surface area contributed by atoms with E-state index >= 15 is 0 Å². The summed E-state index contributed by atoms with van der Waals surface area (Å²) >= 11 is 5.44. The maximum atomic E-state index is 6.06. The predicted octanol–water partition coefficient (Wildman–Crippen LogP) is 5.00. The Balaban J connectivity index is 1.96. The van der Waals surface area contributed by atoms with Crippen LogP contribution in [0.15, 0.2) is 33.8 Å². The third kappa shape index (κ3) is 2.90. The summed E-state index contributed by atoms with van der Waals surface area (Å²) in [5, 5.41) is 1.79. The van der Waals surface area contributed by atoms with E-state index in [1.807, 2.05) is 24.0 Å². The van der Waals surface area contributed by atoms with Gasteiger partial charge in [0.15, 0.2) is 0 Å². The summed E-state index contributed by atoms with van der Waals surface area (Å²) in [5.74, 6) is 0. The molecule has 0 radical (unpaired) electrons.